The van der Waals surface area contributed by atoms with Crippen molar-refractivity contribution in [2.45, 2.75) is 11.8 Å². The molecular formula is C15H13Cl2NO5. The van der Waals surface area contributed by atoms with Gasteiger partial charge < -0.3 is 13.9 Å². The van der Waals surface area contributed by atoms with Crippen LogP contribution in [0.15, 0.2) is 18.3 Å². The van der Waals surface area contributed by atoms with Crippen molar-refractivity contribution in [2.24, 2.45) is 0 Å². The van der Waals surface area contributed by atoms with Gasteiger partial charge in [0, 0.05) is 6.20 Å². The minimum atomic E-state index is -1.39. The number of ether oxygens (including phenoxy) is 2. The van der Waals surface area contributed by atoms with Gasteiger partial charge in [0.15, 0.2) is 10.6 Å². The molecule has 23 heavy (non-hydrogen) atoms. The summed E-state index contributed by atoms with van der Waals surface area (Å²) >= 11 is 11.4. The highest BCUT2D eigenvalue weighted by atomic mass is 35.5. The number of fused-ring (bicyclic) bond motifs is 1. The van der Waals surface area contributed by atoms with Crippen molar-refractivity contribution in [3.8, 4) is 0 Å². The number of methoxy groups -OCH3 is 2. The third-order valence-corrected chi connectivity index (χ3v) is 3.70. The molecule has 2 aromatic heterocycles. The highest BCUT2D eigenvalue weighted by molar-refractivity contribution is 6.56. The number of carbonyl (C=O) groups is 3. The van der Waals surface area contributed by atoms with Crippen LogP contribution < -0.4 is 0 Å². The number of pyridine rings is 1. The van der Waals surface area contributed by atoms with E-state index in [0.29, 0.717) is 5.52 Å². The Labute approximate surface area is 141 Å². The van der Waals surface area contributed by atoms with E-state index in [0.717, 1.165) is 12.7 Å². The lowest BCUT2D eigenvalue weighted by molar-refractivity contribution is 0.0549. The zero-order valence-corrected chi connectivity index (χ0v) is 14.1. The van der Waals surface area contributed by atoms with Crippen LogP contribution in [0.1, 0.15) is 36.8 Å². The molecule has 0 aliphatic heterocycles. The molecule has 6 nitrogen and oxygen atoms in total. The van der Waals surface area contributed by atoms with Crippen LogP contribution in [0.3, 0.4) is 0 Å². The van der Waals surface area contributed by atoms with Crippen LogP contribution in [0.5, 0.6) is 0 Å². The SMILES string of the molecule is COC(=O)c1c(C(=O)C(Cl)Cl)c2cc(C)ccn2c1C(=O)OC. The van der Waals surface area contributed by atoms with Crippen molar-refractivity contribution in [3.05, 3.63) is 40.7 Å². The average molecular weight is 358 g/mol. The van der Waals surface area contributed by atoms with Crippen molar-refractivity contribution in [1.29, 1.82) is 0 Å². The minimum Gasteiger partial charge on any atom is -0.465 e. The fourth-order valence-electron chi connectivity index (χ4n) is 2.32. The second-order valence-corrected chi connectivity index (χ2v) is 5.80. The summed E-state index contributed by atoms with van der Waals surface area (Å²) in [5, 5.41) is 0. The Balaban J connectivity index is 3.00. The van der Waals surface area contributed by atoms with E-state index >= 15 is 0 Å². The molecule has 2 rings (SSSR count). The number of esters is 2. The van der Waals surface area contributed by atoms with Crippen molar-refractivity contribution in [3.63, 3.8) is 0 Å². The molecule has 0 atom stereocenters. The van der Waals surface area contributed by atoms with E-state index in [2.05, 4.69) is 0 Å². The Morgan fingerprint density at radius 2 is 1.70 bits per heavy atom. The summed E-state index contributed by atoms with van der Waals surface area (Å²) in [5.41, 5.74) is 0.726. The summed E-state index contributed by atoms with van der Waals surface area (Å²) in [6.07, 6.45) is 1.55. The third kappa shape index (κ3) is 2.92. The summed E-state index contributed by atoms with van der Waals surface area (Å²) in [6.45, 7) is 1.80. The maximum atomic E-state index is 12.4. The van der Waals surface area contributed by atoms with Gasteiger partial charge in [-0.2, -0.15) is 0 Å². The lowest BCUT2D eigenvalue weighted by Gasteiger charge is -2.04. The average Bonchev–Trinajstić information content (AvgIpc) is 2.86. The first kappa shape index (κ1) is 17.3. The predicted octanol–water partition coefficient (Wildman–Crippen LogP) is 2.81. The molecule has 0 unspecified atom stereocenters. The predicted molar refractivity (Wildman–Crippen MR) is 84.6 cm³/mol. The molecule has 2 heterocycles. The summed E-state index contributed by atoms with van der Waals surface area (Å²) < 4.78 is 10.8. The Morgan fingerprint density at radius 3 is 2.22 bits per heavy atom. The molecule has 122 valence electrons. The van der Waals surface area contributed by atoms with Crippen LogP contribution in [0.25, 0.3) is 5.52 Å². The van der Waals surface area contributed by atoms with Crippen LogP contribution in [0.4, 0.5) is 0 Å². The molecule has 0 saturated heterocycles. The maximum absolute atomic E-state index is 12.4. The number of carbonyl (C=O) groups excluding carboxylic acids is 3. The van der Waals surface area contributed by atoms with Gasteiger partial charge in [0.1, 0.15) is 11.3 Å². The first-order valence-electron chi connectivity index (χ1n) is 6.47. The number of aromatic nitrogens is 1. The van der Waals surface area contributed by atoms with Crippen LogP contribution >= 0.6 is 23.2 Å². The molecule has 0 N–H and O–H groups in total. The molecule has 0 aromatic carbocycles. The number of rotatable bonds is 4. The van der Waals surface area contributed by atoms with Gasteiger partial charge in [-0.05, 0) is 24.6 Å². The van der Waals surface area contributed by atoms with Gasteiger partial charge in [-0.1, -0.05) is 23.2 Å². The number of Topliss-reactive ketones (excluding diaryl/α,β-unsaturated/α-hetero) is 1. The zero-order valence-electron chi connectivity index (χ0n) is 12.6. The van der Waals surface area contributed by atoms with E-state index < -0.39 is 22.6 Å². The number of halogens is 2. The number of hydrogen-bond acceptors (Lipinski definition) is 5. The largest absolute Gasteiger partial charge is 0.465 e. The van der Waals surface area contributed by atoms with Crippen molar-refractivity contribution >= 4 is 46.4 Å². The first-order valence-corrected chi connectivity index (χ1v) is 7.34. The molecule has 0 saturated carbocycles. The van der Waals surface area contributed by atoms with E-state index in [1.165, 1.54) is 11.5 Å². The fraction of sp³-hybridized carbons (Fsp3) is 0.267. The molecular weight excluding hydrogens is 345 g/mol. The van der Waals surface area contributed by atoms with Gasteiger partial charge >= 0.3 is 11.9 Å². The lowest BCUT2D eigenvalue weighted by atomic mass is 10.1. The molecule has 8 heteroatoms. The summed E-state index contributed by atoms with van der Waals surface area (Å²) in [7, 11) is 2.31. The van der Waals surface area contributed by atoms with Gasteiger partial charge in [-0.3, -0.25) is 4.79 Å². The second kappa shape index (κ2) is 6.60. The van der Waals surface area contributed by atoms with Gasteiger partial charge in [0.05, 0.1) is 25.3 Å². The van der Waals surface area contributed by atoms with Gasteiger partial charge in [0.25, 0.3) is 0 Å². The Bertz CT molecular complexity index is 810. The van der Waals surface area contributed by atoms with Crippen LogP contribution in [-0.2, 0) is 9.47 Å². The molecule has 0 bridgehead atoms. The standard InChI is InChI=1S/C15H13Cl2NO5/c1-7-4-5-18-8(6-7)9(12(19)13(16)17)10(14(20)22-2)11(18)15(21)23-3/h4-6,13H,1-3H3. The van der Waals surface area contributed by atoms with Gasteiger partial charge in [-0.25, -0.2) is 9.59 Å². The summed E-state index contributed by atoms with van der Waals surface area (Å²) in [4.78, 5) is 35.3. The Morgan fingerprint density at radius 1 is 1.09 bits per heavy atom. The monoisotopic (exact) mass is 357 g/mol. The summed E-state index contributed by atoms with van der Waals surface area (Å²) in [5.74, 6) is -2.35. The molecule has 2 aromatic rings. The number of hydrogen-bond donors (Lipinski definition) is 0. The van der Waals surface area contributed by atoms with Crippen LogP contribution in [0.2, 0.25) is 0 Å². The lowest BCUT2D eigenvalue weighted by Crippen LogP contribution is -2.17. The zero-order chi connectivity index (χ0) is 17.3. The first-order chi connectivity index (χ1) is 10.8. The molecule has 0 fully saturated rings. The smallest absolute Gasteiger partial charge is 0.355 e. The van der Waals surface area contributed by atoms with Crippen molar-refractivity contribution in [2.75, 3.05) is 14.2 Å². The second-order valence-electron chi connectivity index (χ2n) is 4.71. The van der Waals surface area contributed by atoms with Crippen LogP contribution in [-0.4, -0.2) is 41.2 Å². The number of alkyl halides is 2. The summed E-state index contributed by atoms with van der Waals surface area (Å²) in [6, 6.07) is 3.36. The molecule has 0 amide bonds. The quantitative estimate of drug-likeness (QED) is 0.477. The number of nitrogens with zero attached hydrogens (tertiary/aromatic N) is 1. The highest BCUT2D eigenvalue weighted by Gasteiger charge is 2.34. The van der Waals surface area contributed by atoms with Gasteiger partial charge in [0.2, 0.25) is 0 Å². The molecule has 0 aliphatic carbocycles. The number of ketones is 1. The van der Waals surface area contributed by atoms with E-state index in [9.17, 15) is 14.4 Å². The maximum Gasteiger partial charge on any atom is 0.355 e. The normalized spacial score (nSPS) is 10.9. The molecule has 0 radical (unpaired) electrons. The van der Waals surface area contributed by atoms with Gasteiger partial charge in [-0.15, -0.1) is 0 Å². The van der Waals surface area contributed by atoms with Crippen molar-refractivity contribution < 1.29 is 23.9 Å². The third-order valence-electron chi connectivity index (χ3n) is 3.31. The van der Waals surface area contributed by atoms with E-state index in [-0.39, 0.29) is 16.8 Å². The highest BCUT2D eigenvalue weighted by Crippen LogP contribution is 2.29. The molecule has 0 spiro atoms. The number of aryl methyl sites for hydroxylation is 1. The van der Waals surface area contributed by atoms with E-state index in [1.54, 1.807) is 25.3 Å². The fourth-order valence-corrected chi connectivity index (χ4v) is 2.53. The van der Waals surface area contributed by atoms with E-state index in [1.807, 2.05) is 0 Å². The van der Waals surface area contributed by atoms with Crippen molar-refractivity contribution in [1.82, 2.24) is 4.40 Å². The van der Waals surface area contributed by atoms with E-state index in [4.69, 9.17) is 32.7 Å². The minimum absolute atomic E-state index is 0.0732. The topological polar surface area (TPSA) is 74.1 Å². The molecule has 0 aliphatic rings. The van der Waals surface area contributed by atoms with Crippen LogP contribution in [0, 0.1) is 6.92 Å². The Hall–Kier alpha value is -2.05. The Kier molecular flexibility index (Phi) is 4.97.